The Morgan fingerprint density at radius 1 is 1.53 bits per heavy atom. The zero-order valence-electron chi connectivity index (χ0n) is 7.77. The molecule has 1 fully saturated rings. The van der Waals surface area contributed by atoms with Crippen LogP contribution in [0, 0.1) is 0 Å². The number of benzene rings is 1. The minimum atomic E-state index is -0.992. The van der Waals surface area contributed by atoms with Crippen molar-refractivity contribution >= 4 is 11.9 Å². The molecular weight excluding hydrogens is 198 g/mol. The number of carboxylic acid groups (broad SMARTS) is 1. The van der Waals surface area contributed by atoms with Crippen molar-refractivity contribution in [2.24, 2.45) is 0 Å². The van der Waals surface area contributed by atoms with Gasteiger partial charge < -0.3 is 5.11 Å². The number of hydroxylamine groups is 1. The Labute approximate surface area is 85.6 Å². The Hall–Kier alpha value is -1.88. The number of aromatic carboxylic acids is 1. The van der Waals surface area contributed by atoms with E-state index in [4.69, 9.17) is 9.94 Å². The molecule has 5 heteroatoms. The molecule has 1 aliphatic rings. The first-order valence-electron chi connectivity index (χ1n) is 4.44. The second-order valence-electron chi connectivity index (χ2n) is 3.27. The molecule has 1 unspecified atom stereocenters. The summed E-state index contributed by atoms with van der Waals surface area (Å²) in [6, 6.07) is 6.37. The Morgan fingerprint density at radius 2 is 2.33 bits per heavy atom. The van der Waals surface area contributed by atoms with Crippen LogP contribution in [0.15, 0.2) is 24.3 Å². The van der Waals surface area contributed by atoms with Crippen molar-refractivity contribution in [3.05, 3.63) is 35.4 Å². The largest absolute Gasteiger partial charge is 0.478 e. The monoisotopic (exact) mass is 207 g/mol. The molecule has 1 saturated heterocycles. The van der Waals surface area contributed by atoms with Gasteiger partial charge in [0.25, 0.3) is 0 Å². The van der Waals surface area contributed by atoms with Crippen LogP contribution in [0.5, 0.6) is 0 Å². The highest BCUT2D eigenvalue weighted by Crippen LogP contribution is 2.24. The number of carbonyl (C=O) groups is 2. The molecule has 1 aliphatic heterocycles. The smallest absolute Gasteiger partial charge is 0.335 e. The molecule has 2 rings (SSSR count). The predicted molar refractivity (Wildman–Crippen MR) is 50.0 cm³/mol. The molecular formula is C10H9NO4. The third-order valence-electron chi connectivity index (χ3n) is 2.19. The molecule has 0 radical (unpaired) electrons. The topological polar surface area (TPSA) is 75.6 Å². The van der Waals surface area contributed by atoms with Crippen LogP contribution in [0.2, 0.25) is 0 Å². The highest BCUT2D eigenvalue weighted by molar-refractivity contribution is 5.87. The zero-order valence-corrected chi connectivity index (χ0v) is 7.77. The van der Waals surface area contributed by atoms with Crippen molar-refractivity contribution in [2.75, 3.05) is 0 Å². The van der Waals surface area contributed by atoms with Crippen LogP contribution in [0.3, 0.4) is 0 Å². The maximum atomic E-state index is 10.9. The van der Waals surface area contributed by atoms with Crippen molar-refractivity contribution in [3.8, 4) is 0 Å². The number of carbonyl (C=O) groups excluding carboxylic acids is 1. The quantitative estimate of drug-likeness (QED) is 0.754. The highest BCUT2D eigenvalue weighted by Gasteiger charge is 2.24. The molecule has 1 atom stereocenters. The fourth-order valence-corrected chi connectivity index (χ4v) is 1.45. The van der Waals surface area contributed by atoms with Gasteiger partial charge in [0.15, 0.2) is 0 Å². The van der Waals surface area contributed by atoms with E-state index in [1.807, 2.05) is 0 Å². The van der Waals surface area contributed by atoms with Gasteiger partial charge in [-0.3, -0.25) is 9.63 Å². The van der Waals surface area contributed by atoms with E-state index in [1.165, 1.54) is 12.1 Å². The second kappa shape index (κ2) is 3.70. The molecule has 2 N–H and O–H groups in total. The van der Waals surface area contributed by atoms with Crippen molar-refractivity contribution in [2.45, 2.75) is 12.5 Å². The summed E-state index contributed by atoms with van der Waals surface area (Å²) >= 11 is 0. The first kappa shape index (κ1) is 9.67. The molecule has 1 amide bonds. The van der Waals surface area contributed by atoms with E-state index in [1.54, 1.807) is 12.1 Å². The molecule has 0 aliphatic carbocycles. The van der Waals surface area contributed by atoms with Crippen LogP contribution in [0.4, 0.5) is 0 Å². The normalized spacial score (nSPS) is 20.0. The molecule has 1 aromatic carbocycles. The van der Waals surface area contributed by atoms with E-state index in [2.05, 4.69) is 5.48 Å². The minimum absolute atomic E-state index is 0.190. The number of rotatable bonds is 2. The summed E-state index contributed by atoms with van der Waals surface area (Å²) in [6.45, 7) is 0. The lowest BCUT2D eigenvalue weighted by atomic mass is 10.0. The number of amides is 1. The fourth-order valence-electron chi connectivity index (χ4n) is 1.45. The molecule has 1 heterocycles. The first-order valence-corrected chi connectivity index (χ1v) is 4.44. The van der Waals surface area contributed by atoms with E-state index in [0.717, 1.165) is 0 Å². The van der Waals surface area contributed by atoms with E-state index in [9.17, 15) is 9.59 Å². The van der Waals surface area contributed by atoms with Gasteiger partial charge in [0.05, 0.1) is 12.0 Å². The molecule has 0 bridgehead atoms. The van der Waals surface area contributed by atoms with Crippen LogP contribution < -0.4 is 5.48 Å². The Morgan fingerprint density at radius 3 is 2.93 bits per heavy atom. The van der Waals surface area contributed by atoms with E-state index >= 15 is 0 Å². The fraction of sp³-hybridized carbons (Fsp3) is 0.200. The van der Waals surface area contributed by atoms with Crippen LogP contribution in [-0.2, 0) is 9.63 Å². The van der Waals surface area contributed by atoms with Gasteiger partial charge in [-0.2, -0.15) is 0 Å². The Balaban J connectivity index is 2.25. The molecule has 0 saturated carbocycles. The van der Waals surface area contributed by atoms with Gasteiger partial charge in [0.1, 0.15) is 6.10 Å². The van der Waals surface area contributed by atoms with Crippen LogP contribution in [0.1, 0.15) is 28.4 Å². The lowest BCUT2D eigenvalue weighted by Gasteiger charge is -2.07. The highest BCUT2D eigenvalue weighted by atomic mass is 16.7. The number of hydrogen-bond acceptors (Lipinski definition) is 3. The summed E-state index contributed by atoms with van der Waals surface area (Å²) in [5.41, 5.74) is 3.11. The van der Waals surface area contributed by atoms with Gasteiger partial charge in [-0.05, 0) is 17.7 Å². The lowest BCUT2D eigenvalue weighted by Crippen LogP contribution is -2.11. The minimum Gasteiger partial charge on any atom is -0.478 e. The first-order chi connectivity index (χ1) is 7.16. The van der Waals surface area contributed by atoms with E-state index < -0.39 is 12.1 Å². The third-order valence-corrected chi connectivity index (χ3v) is 2.19. The molecule has 0 spiro atoms. The van der Waals surface area contributed by atoms with Crippen LogP contribution in [0.25, 0.3) is 0 Å². The number of nitrogens with one attached hydrogen (secondary N) is 1. The molecule has 0 aromatic heterocycles. The summed E-state index contributed by atoms with van der Waals surface area (Å²) in [6.07, 6.45) is -0.167. The maximum absolute atomic E-state index is 10.9. The average Bonchev–Trinajstić information content (AvgIpc) is 2.65. The van der Waals surface area contributed by atoms with Gasteiger partial charge in [0, 0.05) is 0 Å². The lowest BCUT2D eigenvalue weighted by molar-refractivity contribution is -0.124. The van der Waals surface area contributed by atoms with Crippen molar-refractivity contribution in [1.82, 2.24) is 5.48 Å². The van der Waals surface area contributed by atoms with Gasteiger partial charge in [-0.25, -0.2) is 10.3 Å². The second-order valence-corrected chi connectivity index (χ2v) is 3.27. The average molecular weight is 207 g/mol. The van der Waals surface area contributed by atoms with Crippen LogP contribution in [-0.4, -0.2) is 17.0 Å². The Kier molecular flexibility index (Phi) is 2.39. The maximum Gasteiger partial charge on any atom is 0.335 e. The molecule has 15 heavy (non-hydrogen) atoms. The molecule has 5 nitrogen and oxygen atoms in total. The standard InChI is InChI=1S/C10H9NO4/c12-9-5-8(15-11-9)6-2-1-3-7(4-6)10(13)14/h1-4,8H,5H2,(H,11,12)(H,13,14). The summed E-state index contributed by atoms with van der Waals surface area (Å²) in [5, 5.41) is 8.78. The number of hydrogen-bond donors (Lipinski definition) is 2. The molecule has 1 aromatic rings. The van der Waals surface area contributed by atoms with Gasteiger partial charge in [0.2, 0.25) is 5.91 Å². The zero-order chi connectivity index (χ0) is 10.8. The summed E-state index contributed by atoms with van der Waals surface area (Å²) < 4.78 is 0. The van der Waals surface area contributed by atoms with Crippen molar-refractivity contribution in [3.63, 3.8) is 0 Å². The summed E-state index contributed by atoms with van der Waals surface area (Å²) in [5.74, 6) is -1.19. The van der Waals surface area contributed by atoms with Crippen molar-refractivity contribution < 1.29 is 19.5 Å². The SMILES string of the molecule is O=C1CC(c2cccc(C(=O)O)c2)ON1. The van der Waals surface area contributed by atoms with Gasteiger partial charge in [-0.15, -0.1) is 0 Å². The van der Waals surface area contributed by atoms with E-state index in [-0.39, 0.29) is 17.9 Å². The molecule has 78 valence electrons. The summed E-state index contributed by atoms with van der Waals surface area (Å²) in [4.78, 5) is 26.6. The van der Waals surface area contributed by atoms with Crippen LogP contribution >= 0.6 is 0 Å². The summed E-state index contributed by atoms with van der Waals surface area (Å²) in [7, 11) is 0. The predicted octanol–water partition coefficient (Wildman–Crippen LogP) is 0.877. The number of carboxylic acids is 1. The van der Waals surface area contributed by atoms with Crippen molar-refractivity contribution in [1.29, 1.82) is 0 Å². The third kappa shape index (κ3) is 1.97. The van der Waals surface area contributed by atoms with Gasteiger partial charge in [-0.1, -0.05) is 12.1 Å². The Bertz CT molecular complexity index is 416. The van der Waals surface area contributed by atoms with Gasteiger partial charge >= 0.3 is 5.97 Å². The van der Waals surface area contributed by atoms with E-state index in [0.29, 0.717) is 5.56 Å².